The molecule has 0 aliphatic rings. The van der Waals surface area contributed by atoms with Crippen LogP contribution in [0.25, 0.3) is 10.4 Å². The van der Waals surface area contributed by atoms with Crippen LogP contribution in [0.2, 0.25) is 19.6 Å². The lowest BCUT2D eigenvalue weighted by Gasteiger charge is -2.11. The van der Waals surface area contributed by atoms with Crippen LogP contribution in [0, 0.1) is 17.4 Å². The molecule has 96 valence electrons. The highest BCUT2D eigenvalue weighted by Gasteiger charge is 2.09. The Bertz CT molecular complexity index is 303. The summed E-state index contributed by atoms with van der Waals surface area (Å²) in [5, 5.41) is 3.69. The molecule has 0 N–H and O–H groups in total. The van der Waals surface area contributed by atoms with Crippen molar-refractivity contribution in [2.45, 2.75) is 58.7 Å². The van der Waals surface area contributed by atoms with Crippen molar-refractivity contribution in [1.29, 1.82) is 0 Å². The second-order valence-electron chi connectivity index (χ2n) is 5.53. The smallest absolute Gasteiger partial charge is 0.129 e. The first-order valence-corrected chi connectivity index (χ1v) is 10.0. The molecule has 0 aromatic rings. The van der Waals surface area contributed by atoms with Crippen LogP contribution in [0.1, 0.15) is 39.0 Å². The van der Waals surface area contributed by atoms with Gasteiger partial charge in [-0.1, -0.05) is 50.9 Å². The Morgan fingerprint density at radius 2 is 2.00 bits per heavy atom. The fraction of sp³-hybridized carbons (Fsp3) is 0.846. The molecule has 0 aliphatic heterocycles. The molecular weight excluding hydrogens is 226 g/mol. The largest absolute Gasteiger partial charge is 0.132 e. The van der Waals surface area contributed by atoms with Gasteiger partial charge in [0.05, 0.1) is 0 Å². The molecule has 0 rings (SSSR count). The Kier molecular flexibility index (Phi) is 8.66. The van der Waals surface area contributed by atoms with E-state index in [1.165, 1.54) is 19.3 Å². The second-order valence-corrected chi connectivity index (χ2v) is 10.3. The minimum atomic E-state index is -1.26. The van der Waals surface area contributed by atoms with Gasteiger partial charge in [-0.25, -0.2) is 0 Å². The van der Waals surface area contributed by atoms with Gasteiger partial charge in [0.25, 0.3) is 0 Å². The van der Waals surface area contributed by atoms with Gasteiger partial charge in [0.15, 0.2) is 0 Å². The van der Waals surface area contributed by atoms with E-state index >= 15 is 0 Å². The number of hydrogen-bond donors (Lipinski definition) is 0. The predicted octanol–water partition coefficient (Wildman–Crippen LogP) is 4.76. The second kappa shape index (κ2) is 9.15. The minimum Gasteiger partial charge on any atom is -0.132 e. The molecule has 0 spiro atoms. The van der Waals surface area contributed by atoms with Crippen LogP contribution in [0.15, 0.2) is 5.11 Å². The molecule has 17 heavy (non-hydrogen) atoms. The highest BCUT2D eigenvalue weighted by molar-refractivity contribution is 6.83. The van der Waals surface area contributed by atoms with Gasteiger partial charge in [0.2, 0.25) is 0 Å². The standard InChI is InChI=1S/C13H25N3Si/c1-5-6-7-9-13(12-15-16-14)10-8-11-17(2,3)4/h13H,5-7,9-10,12H2,1-4H3/t13-/m0/s1. The summed E-state index contributed by atoms with van der Waals surface area (Å²) in [6.45, 7) is 9.55. The third-order valence-electron chi connectivity index (χ3n) is 2.47. The maximum atomic E-state index is 8.37. The molecule has 0 amide bonds. The molecule has 3 nitrogen and oxygen atoms in total. The fourth-order valence-electron chi connectivity index (χ4n) is 1.55. The highest BCUT2D eigenvalue weighted by Crippen LogP contribution is 2.14. The van der Waals surface area contributed by atoms with Gasteiger partial charge in [-0.2, -0.15) is 0 Å². The molecule has 0 radical (unpaired) electrons. The first-order valence-electron chi connectivity index (χ1n) is 6.50. The number of azide groups is 1. The van der Waals surface area contributed by atoms with Crippen molar-refractivity contribution in [3.8, 4) is 11.5 Å². The molecule has 0 heterocycles. The van der Waals surface area contributed by atoms with Crippen LogP contribution in [0.5, 0.6) is 0 Å². The van der Waals surface area contributed by atoms with Crippen LogP contribution in [0.3, 0.4) is 0 Å². The van der Waals surface area contributed by atoms with Crippen molar-refractivity contribution in [2.75, 3.05) is 6.54 Å². The quantitative estimate of drug-likeness (QED) is 0.156. The zero-order valence-corrected chi connectivity index (χ0v) is 12.7. The summed E-state index contributed by atoms with van der Waals surface area (Å²) >= 11 is 0. The number of rotatable bonds is 7. The number of unbranched alkanes of at least 4 members (excludes halogenated alkanes) is 2. The van der Waals surface area contributed by atoms with Crippen molar-refractivity contribution < 1.29 is 0 Å². The van der Waals surface area contributed by atoms with E-state index in [1.54, 1.807) is 0 Å². The van der Waals surface area contributed by atoms with E-state index in [-0.39, 0.29) is 0 Å². The number of hydrogen-bond acceptors (Lipinski definition) is 1. The summed E-state index contributed by atoms with van der Waals surface area (Å²) in [4.78, 5) is 2.85. The fourth-order valence-corrected chi connectivity index (χ4v) is 2.19. The van der Waals surface area contributed by atoms with E-state index in [1.807, 2.05) is 0 Å². The lowest BCUT2D eigenvalue weighted by Crippen LogP contribution is -2.16. The summed E-state index contributed by atoms with van der Waals surface area (Å²) in [6.07, 6.45) is 5.72. The number of nitrogens with zero attached hydrogens (tertiary/aromatic N) is 3. The first kappa shape index (κ1) is 16.1. The van der Waals surface area contributed by atoms with Crippen molar-refractivity contribution in [1.82, 2.24) is 0 Å². The van der Waals surface area contributed by atoms with Gasteiger partial charge in [-0.05, 0) is 17.9 Å². The molecule has 0 bridgehead atoms. The van der Waals surface area contributed by atoms with Crippen molar-refractivity contribution >= 4 is 8.07 Å². The zero-order chi connectivity index (χ0) is 13.1. The summed E-state index contributed by atoms with van der Waals surface area (Å²) in [5.41, 5.74) is 11.7. The van der Waals surface area contributed by atoms with E-state index in [9.17, 15) is 0 Å². The molecule has 0 fully saturated rings. The molecule has 0 saturated heterocycles. The van der Waals surface area contributed by atoms with Crippen LogP contribution >= 0.6 is 0 Å². The Morgan fingerprint density at radius 1 is 1.29 bits per heavy atom. The van der Waals surface area contributed by atoms with E-state index in [0.29, 0.717) is 12.5 Å². The van der Waals surface area contributed by atoms with E-state index < -0.39 is 8.07 Å². The van der Waals surface area contributed by atoms with Gasteiger partial charge in [0, 0.05) is 17.9 Å². The lowest BCUT2D eigenvalue weighted by atomic mass is 9.98. The molecular formula is C13H25N3Si. The highest BCUT2D eigenvalue weighted by atomic mass is 28.3. The first-order chi connectivity index (χ1) is 7.99. The van der Waals surface area contributed by atoms with Crippen LogP contribution in [-0.4, -0.2) is 14.6 Å². The molecule has 0 aliphatic carbocycles. The topological polar surface area (TPSA) is 48.8 Å². The average molecular weight is 251 g/mol. The molecule has 0 aromatic carbocycles. The van der Waals surface area contributed by atoms with Gasteiger partial charge >= 0.3 is 0 Å². The molecule has 0 unspecified atom stereocenters. The van der Waals surface area contributed by atoms with Crippen molar-refractivity contribution in [3.05, 3.63) is 10.4 Å². The Hall–Kier alpha value is -0.913. The normalized spacial score (nSPS) is 12.2. The maximum absolute atomic E-state index is 8.37. The molecule has 0 aromatic heterocycles. The summed E-state index contributed by atoms with van der Waals surface area (Å²) in [5.74, 6) is 3.74. The SMILES string of the molecule is CCCCC[C@@H](CC#C[Si](C)(C)C)CN=[N+]=[N-]. The Balaban J connectivity index is 4.16. The zero-order valence-electron chi connectivity index (χ0n) is 11.7. The van der Waals surface area contributed by atoms with Gasteiger partial charge < -0.3 is 0 Å². The summed E-state index contributed by atoms with van der Waals surface area (Å²) < 4.78 is 0. The van der Waals surface area contributed by atoms with Crippen LogP contribution < -0.4 is 0 Å². The minimum absolute atomic E-state index is 0.446. The van der Waals surface area contributed by atoms with Crippen molar-refractivity contribution in [3.63, 3.8) is 0 Å². The third kappa shape index (κ3) is 11.4. The summed E-state index contributed by atoms with van der Waals surface area (Å²) in [7, 11) is -1.26. The summed E-state index contributed by atoms with van der Waals surface area (Å²) in [6, 6.07) is 0. The predicted molar refractivity (Wildman–Crippen MR) is 77.4 cm³/mol. The molecule has 0 saturated carbocycles. The molecule has 1 atom stereocenters. The third-order valence-corrected chi connectivity index (χ3v) is 3.40. The van der Waals surface area contributed by atoms with Crippen LogP contribution in [-0.2, 0) is 0 Å². The Labute approximate surface area is 107 Å². The molecule has 4 heteroatoms. The van der Waals surface area contributed by atoms with E-state index in [4.69, 9.17) is 5.53 Å². The average Bonchev–Trinajstić information content (AvgIpc) is 2.23. The van der Waals surface area contributed by atoms with Gasteiger partial charge in [0.1, 0.15) is 8.07 Å². The Morgan fingerprint density at radius 3 is 2.53 bits per heavy atom. The van der Waals surface area contributed by atoms with E-state index in [0.717, 1.165) is 12.8 Å². The van der Waals surface area contributed by atoms with Gasteiger partial charge in [-0.3, -0.25) is 0 Å². The van der Waals surface area contributed by atoms with Gasteiger partial charge in [-0.15, -0.1) is 11.5 Å². The lowest BCUT2D eigenvalue weighted by molar-refractivity contribution is 0.476. The van der Waals surface area contributed by atoms with Crippen molar-refractivity contribution in [2.24, 2.45) is 11.0 Å². The van der Waals surface area contributed by atoms with E-state index in [2.05, 4.69) is 48.1 Å². The van der Waals surface area contributed by atoms with Crippen LogP contribution in [0.4, 0.5) is 0 Å². The monoisotopic (exact) mass is 251 g/mol. The maximum Gasteiger partial charge on any atom is 0.129 e.